The zero-order valence-corrected chi connectivity index (χ0v) is 13.6. The van der Waals surface area contributed by atoms with Gasteiger partial charge in [-0.1, -0.05) is 31.9 Å². The van der Waals surface area contributed by atoms with Gasteiger partial charge >= 0.3 is 5.97 Å². The Morgan fingerprint density at radius 3 is 2.83 bits per heavy atom. The number of esters is 1. The molecule has 0 bridgehead atoms. The molecule has 2 fully saturated rings. The fourth-order valence-corrected chi connectivity index (χ4v) is 3.78. The number of unbranched alkanes of at least 4 members (excludes halogenated alkanes) is 1. The number of fused-ring (bicyclic) bond motifs is 1. The minimum atomic E-state index is -0.445. The van der Waals surface area contributed by atoms with Crippen molar-refractivity contribution in [2.24, 2.45) is 5.92 Å². The van der Waals surface area contributed by atoms with Crippen LogP contribution in [0.15, 0.2) is 24.3 Å². The Balaban J connectivity index is 1.91. The van der Waals surface area contributed by atoms with E-state index in [-0.39, 0.29) is 18.0 Å². The summed E-state index contributed by atoms with van der Waals surface area (Å²) in [7, 11) is 1.43. The Hall–Kier alpha value is -1.90. The maximum absolute atomic E-state index is 12.2. The standard InChI is InChI=1S/C18H22N2O3/c1-3-4-5-15-10-18(14-8-6-13(11-19)7-9-14)16(17(21)22-2)12-20(18)23-15/h6-9,15-16H,3-5,10,12H2,1-2H3/t15-,16-,18-/m1/s1. The predicted octanol–water partition coefficient (Wildman–Crippen LogP) is 2.75. The summed E-state index contributed by atoms with van der Waals surface area (Å²) in [5.41, 5.74) is 1.20. The third-order valence-corrected chi connectivity index (χ3v) is 5.06. The number of carbonyl (C=O) groups excluding carboxylic acids is 1. The Bertz CT molecular complexity index is 622. The lowest BCUT2D eigenvalue weighted by atomic mass is 9.68. The molecule has 1 aromatic carbocycles. The van der Waals surface area contributed by atoms with Crippen LogP contribution in [-0.2, 0) is 19.9 Å². The zero-order valence-electron chi connectivity index (χ0n) is 13.6. The van der Waals surface area contributed by atoms with Crippen molar-refractivity contribution < 1.29 is 14.4 Å². The molecule has 2 aliphatic heterocycles. The molecule has 0 radical (unpaired) electrons. The molecule has 5 nitrogen and oxygen atoms in total. The van der Waals surface area contributed by atoms with Crippen molar-refractivity contribution in [2.75, 3.05) is 13.7 Å². The highest BCUT2D eigenvalue weighted by Gasteiger charge is 2.64. The number of methoxy groups -OCH3 is 1. The van der Waals surface area contributed by atoms with Crippen LogP contribution in [0.4, 0.5) is 0 Å². The van der Waals surface area contributed by atoms with E-state index in [4.69, 9.17) is 14.8 Å². The number of benzene rings is 1. The minimum absolute atomic E-state index is 0.139. The van der Waals surface area contributed by atoms with Crippen LogP contribution in [0.25, 0.3) is 0 Å². The Kier molecular flexibility index (Phi) is 4.38. The van der Waals surface area contributed by atoms with Gasteiger partial charge in [-0.3, -0.25) is 9.63 Å². The Morgan fingerprint density at radius 2 is 2.22 bits per heavy atom. The van der Waals surface area contributed by atoms with E-state index in [1.165, 1.54) is 7.11 Å². The molecule has 0 amide bonds. The summed E-state index contributed by atoms with van der Waals surface area (Å²) in [6, 6.07) is 9.61. The van der Waals surface area contributed by atoms with Crippen LogP contribution in [0.3, 0.4) is 0 Å². The summed E-state index contributed by atoms with van der Waals surface area (Å²) < 4.78 is 5.00. The van der Waals surface area contributed by atoms with E-state index in [1.54, 1.807) is 12.1 Å². The van der Waals surface area contributed by atoms with Gasteiger partial charge in [-0.05, 0) is 24.1 Å². The molecule has 0 aliphatic carbocycles. The highest BCUT2D eigenvalue weighted by Crippen LogP contribution is 2.54. The SMILES string of the molecule is CCCC[C@@H]1C[C@@]2(c3ccc(C#N)cc3)[C@@H](C(=O)OC)CN2O1. The quantitative estimate of drug-likeness (QED) is 0.782. The Morgan fingerprint density at radius 1 is 1.48 bits per heavy atom. The molecule has 2 aliphatic rings. The van der Waals surface area contributed by atoms with Crippen molar-refractivity contribution in [3.8, 4) is 6.07 Å². The van der Waals surface area contributed by atoms with Gasteiger partial charge < -0.3 is 4.74 Å². The molecule has 0 unspecified atom stereocenters. The van der Waals surface area contributed by atoms with E-state index >= 15 is 0 Å². The number of hydroxylamine groups is 2. The lowest BCUT2D eigenvalue weighted by molar-refractivity contribution is -0.268. The second-order valence-electron chi connectivity index (χ2n) is 6.32. The van der Waals surface area contributed by atoms with Gasteiger partial charge in [0, 0.05) is 13.0 Å². The topological polar surface area (TPSA) is 62.6 Å². The number of hydrogen-bond donors (Lipinski definition) is 0. The lowest BCUT2D eigenvalue weighted by Crippen LogP contribution is -2.63. The highest BCUT2D eigenvalue weighted by atomic mass is 16.7. The van der Waals surface area contributed by atoms with Crippen molar-refractivity contribution in [3.63, 3.8) is 0 Å². The smallest absolute Gasteiger partial charge is 0.312 e. The molecule has 3 rings (SSSR count). The fraction of sp³-hybridized carbons (Fsp3) is 0.556. The molecule has 0 N–H and O–H groups in total. The second-order valence-corrected chi connectivity index (χ2v) is 6.32. The van der Waals surface area contributed by atoms with Crippen LogP contribution in [0.2, 0.25) is 0 Å². The van der Waals surface area contributed by atoms with Gasteiger partial charge in [0.1, 0.15) is 0 Å². The number of nitriles is 1. The Labute approximate surface area is 136 Å². The van der Waals surface area contributed by atoms with Gasteiger partial charge in [-0.25, -0.2) is 0 Å². The van der Waals surface area contributed by atoms with Crippen molar-refractivity contribution in [2.45, 2.75) is 44.2 Å². The van der Waals surface area contributed by atoms with Crippen molar-refractivity contribution >= 4 is 5.97 Å². The summed E-state index contributed by atoms with van der Waals surface area (Å²) >= 11 is 0. The van der Waals surface area contributed by atoms with Gasteiger partial charge in [0.25, 0.3) is 0 Å². The van der Waals surface area contributed by atoms with E-state index in [0.717, 1.165) is 31.2 Å². The molecule has 0 spiro atoms. The first-order valence-corrected chi connectivity index (χ1v) is 8.18. The molecule has 1 aromatic rings. The number of nitrogens with zero attached hydrogens (tertiary/aromatic N) is 2. The lowest BCUT2D eigenvalue weighted by Gasteiger charge is -2.51. The van der Waals surface area contributed by atoms with Crippen molar-refractivity contribution in [1.82, 2.24) is 5.06 Å². The predicted molar refractivity (Wildman–Crippen MR) is 84.1 cm³/mol. The monoisotopic (exact) mass is 314 g/mol. The first-order chi connectivity index (χ1) is 11.2. The molecular formula is C18H22N2O3. The number of ether oxygens (including phenoxy) is 1. The van der Waals surface area contributed by atoms with E-state index < -0.39 is 5.54 Å². The third kappa shape index (κ3) is 2.52. The summed E-state index contributed by atoms with van der Waals surface area (Å²) in [5.74, 6) is -0.405. The van der Waals surface area contributed by atoms with Crippen LogP contribution in [0.5, 0.6) is 0 Å². The summed E-state index contributed by atoms with van der Waals surface area (Å²) in [6.45, 7) is 2.73. The maximum atomic E-state index is 12.2. The van der Waals surface area contributed by atoms with Gasteiger partial charge in [0.15, 0.2) is 0 Å². The maximum Gasteiger partial charge on any atom is 0.312 e. The third-order valence-electron chi connectivity index (χ3n) is 5.06. The van der Waals surface area contributed by atoms with Crippen molar-refractivity contribution in [1.29, 1.82) is 5.26 Å². The molecule has 23 heavy (non-hydrogen) atoms. The summed E-state index contributed by atoms with van der Waals surface area (Å²) in [5, 5.41) is 10.9. The molecule has 122 valence electrons. The molecule has 0 saturated carbocycles. The first kappa shape index (κ1) is 16.0. The summed E-state index contributed by atoms with van der Waals surface area (Å²) in [6.07, 6.45) is 4.17. The van der Waals surface area contributed by atoms with Crippen LogP contribution in [-0.4, -0.2) is 30.8 Å². The van der Waals surface area contributed by atoms with Crippen molar-refractivity contribution in [3.05, 3.63) is 35.4 Å². The molecule has 3 atom stereocenters. The van der Waals surface area contributed by atoms with Crippen LogP contribution < -0.4 is 0 Å². The average molecular weight is 314 g/mol. The van der Waals surface area contributed by atoms with Gasteiger partial charge in [-0.15, -0.1) is 0 Å². The van der Waals surface area contributed by atoms with E-state index in [0.29, 0.717) is 12.1 Å². The van der Waals surface area contributed by atoms with Gasteiger partial charge in [0.05, 0.1) is 36.3 Å². The second kappa shape index (κ2) is 6.31. The number of hydrogen-bond acceptors (Lipinski definition) is 5. The molecule has 5 heteroatoms. The first-order valence-electron chi connectivity index (χ1n) is 8.18. The molecule has 2 heterocycles. The van der Waals surface area contributed by atoms with Crippen LogP contribution >= 0.6 is 0 Å². The highest BCUT2D eigenvalue weighted by molar-refractivity contribution is 5.76. The van der Waals surface area contributed by atoms with Crippen LogP contribution in [0.1, 0.15) is 43.7 Å². The number of rotatable bonds is 5. The number of carbonyl (C=O) groups is 1. The largest absolute Gasteiger partial charge is 0.469 e. The van der Waals surface area contributed by atoms with E-state index in [2.05, 4.69) is 13.0 Å². The molecule has 2 saturated heterocycles. The minimum Gasteiger partial charge on any atom is -0.469 e. The molecular weight excluding hydrogens is 292 g/mol. The fourth-order valence-electron chi connectivity index (χ4n) is 3.78. The van der Waals surface area contributed by atoms with Crippen LogP contribution in [0, 0.1) is 17.2 Å². The van der Waals surface area contributed by atoms with Gasteiger partial charge in [0.2, 0.25) is 0 Å². The van der Waals surface area contributed by atoms with E-state index in [1.807, 2.05) is 17.2 Å². The molecule has 0 aromatic heterocycles. The summed E-state index contributed by atoms with van der Waals surface area (Å²) in [4.78, 5) is 18.3. The normalized spacial score (nSPS) is 29.4. The zero-order chi connectivity index (χ0) is 16.4. The van der Waals surface area contributed by atoms with E-state index in [9.17, 15) is 4.79 Å². The average Bonchev–Trinajstić information content (AvgIpc) is 2.86. The van der Waals surface area contributed by atoms with Gasteiger partial charge in [-0.2, -0.15) is 10.3 Å².